The van der Waals surface area contributed by atoms with Crippen LogP contribution in [0, 0.1) is 0 Å². The van der Waals surface area contributed by atoms with Crippen LogP contribution in [-0.4, -0.2) is 34.8 Å². The molecule has 0 radical (unpaired) electrons. The van der Waals surface area contributed by atoms with Gasteiger partial charge in [-0.05, 0) is 30.4 Å². The maximum Gasteiger partial charge on any atom is 0.223 e. The summed E-state index contributed by atoms with van der Waals surface area (Å²) in [6.45, 7) is 9.90. The van der Waals surface area contributed by atoms with Crippen LogP contribution in [0.15, 0.2) is 34.6 Å². The molecule has 0 unspecified atom stereocenters. The van der Waals surface area contributed by atoms with E-state index in [9.17, 15) is 4.79 Å². The number of carbonyl (C=O) groups excluding carboxylic acids is 1. The van der Waals surface area contributed by atoms with E-state index in [0.717, 1.165) is 42.7 Å². The molecule has 0 fully saturated rings. The number of thiazole rings is 1. The Balaban J connectivity index is 0.00000320. The third kappa shape index (κ3) is 6.94. The van der Waals surface area contributed by atoms with Gasteiger partial charge >= 0.3 is 0 Å². The Morgan fingerprint density at radius 1 is 1.23 bits per heavy atom. The van der Waals surface area contributed by atoms with E-state index in [1.807, 2.05) is 24.0 Å². The van der Waals surface area contributed by atoms with Crippen molar-refractivity contribution < 1.29 is 4.79 Å². The molecule has 0 atom stereocenters. The zero-order valence-corrected chi connectivity index (χ0v) is 21.1. The lowest BCUT2D eigenvalue weighted by Crippen LogP contribution is -2.38. The van der Waals surface area contributed by atoms with Crippen molar-refractivity contribution in [1.82, 2.24) is 20.5 Å². The highest BCUT2D eigenvalue weighted by Gasteiger charge is 2.22. The minimum absolute atomic E-state index is 0. The third-order valence-corrected chi connectivity index (χ3v) is 5.78. The number of halogens is 1. The number of amides is 1. The minimum atomic E-state index is 0. The van der Waals surface area contributed by atoms with E-state index in [0.29, 0.717) is 25.4 Å². The van der Waals surface area contributed by atoms with Crippen LogP contribution in [0.3, 0.4) is 0 Å². The predicted octanol–water partition coefficient (Wildman–Crippen LogP) is 4.26. The molecule has 6 nitrogen and oxygen atoms in total. The fourth-order valence-corrected chi connectivity index (χ4v) is 4.14. The van der Waals surface area contributed by atoms with E-state index in [1.165, 1.54) is 11.1 Å². The summed E-state index contributed by atoms with van der Waals surface area (Å²) < 4.78 is 0. The number of aromatic nitrogens is 1. The molecule has 1 aliphatic heterocycles. The molecule has 164 valence electrons. The zero-order chi connectivity index (χ0) is 20.6. The Hall–Kier alpha value is -1.68. The maximum absolute atomic E-state index is 12.5. The van der Waals surface area contributed by atoms with Crippen LogP contribution in [0.4, 0.5) is 0 Å². The van der Waals surface area contributed by atoms with Crippen molar-refractivity contribution in [1.29, 1.82) is 0 Å². The number of benzene rings is 1. The SMILES string of the molecule is CCNC(=NCc1nc(C(C)C)cs1)NCCCC(=O)N1Cc2ccccc2C1.I. The highest BCUT2D eigenvalue weighted by Crippen LogP contribution is 2.23. The molecular formula is C22H32IN5OS. The quantitative estimate of drug-likeness (QED) is 0.227. The standard InChI is InChI=1S/C22H31N5OS.HI/c1-4-23-22(25-12-20-26-19(15-29-20)16(2)3)24-11-7-10-21(28)27-13-17-8-5-6-9-18(17)14-27;/h5-6,8-9,15-16H,4,7,10-14H2,1-3H3,(H2,23,24,25);1H. The molecule has 2 N–H and O–H groups in total. The second-order valence-electron chi connectivity index (χ2n) is 7.56. The predicted molar refractivity (Wildman–Crippen MR) is 134 cm³/mol. The lowest BCUT2D eigenvalue weighted by atomic mass is 10.1. The van der Waals surface area contributed by atoms with Crippen molar-refractivity contribution in [2.75, 3.05) is 13.1 Å². The summed E-state index contributed by atoms with van der Waals surface area (Å²) in [5, 5.41) is 9.72. The van der Waals surface area contributed by atoms with Crippen LogP contribution in [0.1, 0.15) is 61.4 Å². The van der Waals surface area contributed by atoms with Crippen molar-refractivity contribution >= 4 is 47.2 Å². The molecule has 2 heterocycles. The first kappa shape index (κ1) is 24.6. The van der Waals surface area contributed by atoms with Crippen molar-refractivity contribution in [3.8, 4) is 0 Å². The monoisotopic (exact) mass is 541 g/mol. The molecule has 3 rings (SSSR count). The number of aliphatic imine (C=N–C) groups is 1. The van der Waals surface area contributed by atoms with E-state index in [4.69, 9.17) is 0 Å². The van der Waals surface area contributed by atoms with Gasteiger partial charge in [0.1, 0.15) is 5.01 Å². The number of hydrogen-bond donors (Lipinski definition) is 2. The van der Waals surface area contributed by atoms with Crippen molar-refractivity contribution in [2.24, 2.45) is 4.99 Å². The molecule has 1 aromatic carbocycles. The summed E-state index contributed by atoms with van der Waals surface area (Å²) >= 11 is 1.66. The normalized spacial score (nSPS) is 13.2. The number of nitrogens with zero attached hydrogens (tertiary/aromatic N) is 3. The molecule has 0 spiro atoms. The molecule has 1 aromatic heterocycles. The molecular weight excluding hydrogens is 509 g/mol. The van der Waals surface area contributed by atoms with Crippen molar-refractivity contribution in [2.45, 2.75) is 59.2 Å². The smallest absolute Gasteiger partial charge is 0.223 e. The maximum atomic E-state index is 12.5. The molecule has 2 aromatic rings. The van der Waals surface area contributed by atoms with E-state index in [-0.39, 0.29) is 29.9 Å². The molecule has 0 saturated carbocycles. The summed E-state index contributed by atoms with van der Waals surface area (Å²) in [6.07, 6.45) is 1.33. The lowest BCUT2D eigenvalue weighted by molar-refractivity contribution is -0.131. The topological polar surface area (TPSA) is 69.6 Å². The highest BCUT2D eigenvalue weighted by molar-refractivity contribution is 14.0. The average molecular weight is 542 g/mol. The fourth-order valence-electron chi connectivity index (χ4n) is 3.27. The van der Waals surface area contributed by atoms with Gasteiger partial charge in [0, 0.05) is 38.0 Å². The van der Waals surface area contributed by atoms with Gasteiger partial charge < -0.3 is 15.5 Å². The summed E-state index contributed by atoms with van der Waals surface area (Å²) in [6, 6.07) is 8.28. The Bertz CT molecular complexity index is 827. The number of nitrogens with one attached hydrogen (secondary N) is 2. The molecule has 8 heteroatoms. The number of carbonyl (C=O) groups is 1. The molecule has 1 amide bonds. The van der Waals surface area contributed by atoms with Gasteiger partial charge in [-0.1, -0.05) is 38.1 Å². The number of guanidine groups is 1. The van der Waals surface area contributed by atoms with E-state index in [1.54, 1.807) is 11.3 Å². The van der Waals surface area contributed by atoms with Crippen LogP contribution in [0.5, 0.6) is 0 Å². The Labute approximate surface area is 200 Å². The van der Waals surface area contributed by atoms with E-state index in [2.05, 4.69) is 52.0 Å². The van der Waals surface area contributed by atoms with Gasteiger partial charge in [0.25, 0.3) is 0 Å². The van der Waals surface area contributed by atoms with Gasteiger partial charge in [0.2, 0.25) is 5.91 Å². The van der Waals surface area contributed by atoms with Gasteiger partial charge in [0.05, 0.1) is 12.2 Å². The zero-order valence-electron chi connectivity index (χ0n) is 18.0. The number of rotatable bonds is 8. The second-order valence-corrected chi connectivity index (χ2v) is 8.51. The fraction of sp³-hybridized carbons (Fsp3) is 0.500. The van der Waals surface area contributed by atoms with Crippen LogP contribution >= 0.6 is 35.3 Å². The lowest BCUT2D eigenvalue weighted by Gasteiger charge is -2.16. The van der Waals surface area contributed by atoms with Crippen LogP contribution in [0.2, 0.25) is 0 Å². The molecule has 0 saturated heterocycles. The minimum Gasteiger partial charge on any atom is -0.357 e. The summed E-state index contributed by atoms with van der Waals surface area (Å²) in [4.78, 5) is 23.7. The summed E-state index contributed by atoms with van der Waals surface area (Å²) in [5.74, 6) is 1.43. The molecule has 0 aliphatic carbocycles. The van der Waals surface area contributed by atoms with Crippen molar-refractivity contribution in [3.05, 3.63) is 51.5 Å². The van der Waals surface area contributed by atoms with Gasteiger partial charge in [0.15, 0.2) is 5.96 Å². The Morgan fingerprint density at radius 2 is 1.93 bits per heavy atom. The van der Waals surface area contributed by atoms with Crippen LogP contribution in [0.25, 0.3) is 0 Å². The first-order valence-electron chi connectivity index (χ1n) is 10.4. The number of fused-ring (bicyclic) bond motifs is 1. The van der Waals surface area contributed by atoms with Crippen molar-refractivity contribution in [3.63, 3.8) is 0 Å². The Morgan fingerprint density at radius 3 is 2.53 bits per heavy atom. The third-order valence-electron chi connectivity index (χ3n) is 4.93. The molecule has 0 bridgehead atoms. The highest BCUT2D eigenvalue weighted by atomic mass is 127. The first-order valence-corrected chi connectivity index (χ1v) is 11.3. The van der Waals surface area contributed by atoms with Gasteiger partial charge in [-0.3, -0.25) is 4.79 Å². The summed E-state index contributed by atoms with van der Waals surface area (Å²) in [7, 11) is 0. The number of hydrogen-bond acceptors (Lipinski definition) is 4. The van der Waals surface area contributed by atoms with Gasteiger partial charge in [-0.2, -0.15) is 0 Å². The van der Waals surface area contributed by atoms with Gasteiger partial charge in [-0.15, -0.1) is 35.3 Å². The van der Waals surface area contributed by atoms with Gasteiger partial charge in [-0.25, -0.2) is 9.98 Å². The van der Waals surface area contributed by atoms with E-state index < -0.39 is 0 Å². The van der Waals surface area contributed by atoms with Crippen LogP contribution < -0.4 is 10.6 Å². The molecule has 1 aliphatic rings. The largest absolute Gasteiger partial charge is 0.357 e. The van der Waals surface area contributed by atoms with Crippen LogP contribution in [-0.2, 0) is 24.4 Å². The summed E-state index contributed by atoms with van der Waals surface area (Å²) in [5.41, 5.74) is 3.66. The first-order chi connectivity index (χ1) is 14.1. The molecule has 30 heavy (non-hydrogen) atoms. The average Bonchev–Trinajstić information content (AvgIpc) is 3.36. The Kier molecular flexibility index (Phi) is 10.0. The second kappa shape index (κ2) is 12.2. The van der Waals surface area contributed by atoms with E-state index >= 15 is 0 Å².